The zero-order valence-corrected chi connectivity index (χ0v) is 15.1. The topological polar surface area (TPSA) is 38.8 Å². The number of ether oxygens (including phenoxy) is 2. The lowest BCUT2D eigenvalue weighted by Gasteiger charge is -2.43. The highest BCUT2D eigenvalue weighted by atomic mass is 35.5. The minimum Gasteiger partial charge on any atom is -0.445 e. The Bertz CT molecular complexity index is 821. The third-order valence-corrected chi connectivity index (χ3v) is 5.05. The molecule has 0 spiro atoms. The van der Waals surface area contributed by atoms with E-state index in [9.17, 15) is 4.79 Å². The fraction of sp³-hybridized carbons (Fsp3) is 0.286. The van der Waals surface area contributed by atoms with E-state index in [2.05, 4.69) is 12.1 Å². The number of halogens is 1. The van der Waals surface area contributed by atoms with Crippen LogP contribution in [0.15, 0.2) is 60.7 Å². The number of carbonyl (C=O) groups is 1. The monoisotopic (exact) mass is 369 g/mol. The summed E-state index contributed by atoms with van der Waals surface area (Å²) in [5, 5.41) is 0.717. The van der Waals surface area contributed by atoms with E-state index in [0.717, 1.165) is 22.6 Å². The molecule has 5 heteroatoms. The maximum atomic E-state index is 12.7. The summed E-state index contributed by atoms with van der Waals surface area (Å²) >= 11 is 6.13. The number of fused-ring (bicyclic) bond motifs is 2. The first kappa shape index (κ1) is 17.1. The molecule has 0 saturated carbocycles. The quantitative estimate of drug-likeness (QED) is 0.797. The van der Waals surface area contributed by atoms with Crippen molar-refractivity contribution in [3.8, 4) is 0 Å². The van der Waals surface area contributed by atoms with Crippen LogP contribution in [-0.2, 0) is 16.1 Å². The zero-order chi connectivity index (χ0) is 17.9. The Kier molecular flexibility index (Phi) is 4.96. The standard InChI is InChI=1S/C21H20ClNO3/c22-18-8-4-7-16(9-18)17-10-19-13-25-14-20(11-17)23(19)21(24)26-12-15-5-2-1-3-6-15/h1-10,19-20H,11-14H2. The van der Waals surface area contributed by atoms with Crippen LogP contribution in [0.1, 0.15) is 17.5 Å². The van der Waals surface area contributed by atoms with Crippen LogP contribution >= 0.6 is 11.6 Å². The summed E-state index contributed by atoms with van der Waals surface area (Å²) in [6, 6.07) is 17.4. The first-order chi connectivity index (χ1) is 12.7. The fourth-order valence-electron chi connectivity index (χ4n) is 3.58. The summed E-state index contributed by atoms with van der Waals surface area (Å²) < 4.78 is 11.2. The van der Waals surface area contributed by atoms with Gasteiger partial charge in [0.1, 0.15) is 6.61 Å². The van der Waals surface area contributed by atoms with Crippen LogP contribution in [0.25, 0.3) is 5.57 Å². The molecule has 4 rings (SSSR count). The highest BCUT2D eigenvalue weighted by Crippen LogP contribution is 2.33. The van der Waals surface area contributed by atoms with Gasteiger partial charge in [-0.15, -0.1) is 0 Å². The van der Waals surface area contributed by atoms with Gasteiger partial charge < -0.3 is 9.47 Å². The number of morpholine rings is 1. The largest absolute Gasteiger partial charge is 0.445 e. The van der Waals surface area contributed by atoms with Crippen molar-refractivity contribution >= 4 is 23.3 Å². The van der Waals surface area contributed by atoms with Crippen LogP contribution < -0.4 is 0 Å². The van der Waals surface area contributed by atoms with Crippen molar-refractivity contribution in [2.45, 2.75) is 25.1 Å². The van der Waals surface area contributed by atoms with Crippen molar-refractivity contribution in [3.63, 3.8) is 0 Å². The van der Waals surface area contributed by atoms with Crippen LogP contribution in [0.5, 0.6) is 0 Å². The molecule has 2 aromatic rings. The molecule has 1 amide bonds. The summed E-state index contributed by atoms with van der Waals surface area (Å²) in [5.41, 5.74) is 3.29. The second kappa shape index (κ2) is 7.52. The highest BCUT2D eigenvalue weighted by Gasteiger charge is 2.39. The first-order valence-electron chi connectivity index (χ1n) is 8.74. The molecule has 1 saturated heterocycles. The van der Waals surface area contributed by atoms with Gasteiger partial charge in [0.15, 0.2) is 0 Å². The van der Waals surface area contributed by atoms with Gasteiger partial charge in [-0.25, -0.2) is 4.79 Å². The first-order valence-corrected chi connectivity index (χ1v) is 9.12. The van der Waals surface area contributed by atoms with Crippen LogP contribution in [0.4, 0.5) is 4.79 Å². The Hall–Kier alpha value is -2.30. The van der Waals surface area contributed by atoms with Gasteiger partial charge in [0.25, 0.3) is 0 Å². The van der Waals surface area contributed by atoms with E-state index < -0.39 is 0 Å². The summed E-state index contributed by atoms with van der Waals surface area (Å²) in [4.78, 5) is 14.5. The Balaban J connectivity index is 1.50. The van der Waals surface area contributed by atoms with Crippen LogP contribution in [0.2, 0.25) is 5.02 Å². The molecule has 1 fully saturated rings. The van der Waals surface area contributed by atoms with E-state index in [4.69, 9.17) is 21.1 Å². The third-order valence-electron chi connectivity index (χ3n) is 4.81. The van der Waals surface area contributed by atoms with E-state index in [1.54, 1.807) is 0 Å². The van der Waals surface area contributed by atoms with Crippen molar-refractivity contribution in [3.05, 3.63) is 76.8 Å². The molecule has 134 valence electrons. The van der Waals surface area contributed by atoms with Crippen molar-refractivity contribution in [2.24, 2.45) is 0 Å². The van der Waals surface area contributed by atoms with Gasteiger partial charge in [0, 0.05) is 5.02 Å². The minimum absolute atomic E-state index is 0.0176. The van der Waals surface area contributed by atoms with Gasteiger partial charge in [-0.1, -0.05) is 60.1 Å². The highest BCUT2D eigenvalue weighted by molar-refractivity contribution is 6.30. The Morgan fingerprint density at radius 1 is 1.15 bits per heavy atom. The van der Waals surface area contributed by atoms with Crippen molar-refractivity contribution in [1.82, 2.24) is 4.90 Å². The molecule has 26 heavy (non-hydrogen) atoms. The molecular weight excluding hydrogens is 350 g/mol. The maximum Gasteiger partial charge on any atom is 0.411 e. The molecule has 0 N–H and O–H groups in total. The average Bonchev–Trinajstić information content (AvgIpc) is 2.66. The SMILES string of the molecule is O=C(OCc1ccccc1)N1C2C=C(c3cccc(Cl)c3)CC1COC2. The van der Waals surface area contributed by atoms with E-state index in [1.165, 1.54) is 5.57 Å². The Morgan fingerprint density at radius 2 is 2.00 bits per heavy atom. The molecule has 2 atom stereocenters. The maximum absolute atomic E-state index is 12.7. The number of nitrogens with zero attached hydrogens (tertiary/aromatic N) is 1. The number of hydrogen-bond acceptors (Lipinski definition) is 3. The third kappa shape index (κ3) is 3.62. The molecule has 2 aliphatic heterocycles. The summed E-state index contributed by atoms with van der Waals surface area (Å²) in [5.74, 6) is 0. The molecule has 2 heterocycles. The molecule has 0 aromatic heterocycles. The van der Waals surface area contributed by atoms with Crippen molar-refractivity contribution in [2.75, 3.05) is 13.2 Å². The number of amides is 1. The Morgan fingerprint density at radius 3 is 2.77 bits per heavy atom. The number of benzene rings is 2. The van der Waals surface area contributed by atoms with E-state index >= 15 is 0 Å². The number of hydrogen-bond donors (Lipinski definition) is 0. The van der Waals surface area contributed by atoms with Gasteiger partial charge in [0.05, 0.1) is 25.3 Å². The van der Waals surface area contributed by atoms with Gasteiger partial charge in [-0.05, 0) is 35.3 Å². The summed E-state index contributed by atoms with van der Waals surface area (Å²) in [6.45, 7) is 1.29. The smallest absolute Gasteiger partial charge is 0.411 e. The number of carbonyl (C=O) groups excluding carboxylic acids is 1. The molecule has 2 unspecified atom stereocenters. The average molecular weight is 370 g/mol. The second-order valence-corrected chi connectivity index (χ2v) is 7.05. The predicted octanol–water partition coefficient (Wildman–Crippen LogP) is 4.53. The van der Waals surface area contributed by atoms with Gasteiger partial charge in [-0.3, -0.25) is 4.90 Å². The van der Waals surface area contributed by atoms with Gasteiger partial charge in [-0.2, -0.15) is 0 Å². The molecular formula is C21H20ClNO3. The lowest BCUT2D eigenvalue weighted by Crippen LogP contribution is -2.56. The lowest BCUT2D eigenvalue weighted by molar-refractivity contribution is -0.0342. The molecule has 2 bridgehead atoms. The molecule has 0 aliphatic carbocycles. The Labute approximate surface area is 158 Å². The van der Waals surface area contributed by atoms with E-state index in [1.807, 2.05) is 53.4 Å². The normalized spacial score (nSPS) is 21.9. The van der Waals surface area contributed by atoms with Crippen LogP contribution in [-0.4, -0.2) is 36.3 Å². The van der Waals surface area contributed by atoms with E-state index in [0.29, 0.717) is 13.2 Å². The van der Waals surface area contributed by atoms with Crippen LogP contribution in [0.3, 0.4) is 0 Å². The molecule has 2 aliphatic rings. The lowest BCUT2D eigenvalue weighted by atomic mass is 9.90. The minimum atomic E-state index is -0.284. The predicted molar refractivity (Wildman–Crippen MR) is 101 cm³/mol. The van der Waals surface area contributed by atoms with Crippen LogP contribution in [0, 0.1) is 0 Å². The second-order valence-electron chi connectivity index (χ2n) is 6.61. The number of rotatable bonds is 3. The van der Waals surface area contributed by atoms with Crippen molar-refractivity contribution < 1.29 is 14.3 Å². The van der Waals surface area contributed by atoms with Gasteiger partial charge >= 0.3 is 6.09 Å². The zero-order valence-electron chi connectivity index (χ0n) is 14.3. The van der Waals surface area contributed by atoms with Crippen molar-refractivity contribution in [1.29, 1.82) is 0 Å². The molecule has 2 aromatic carbocycles. The van der Waals surface area contributed by atoms with Gasteiger partial charge in [0.2, 0.25) is 0 Å². The molecule has 0 radical (unpaired) electrons. The molecule has 4 nitrogen and oxygen atoms in total. The van der Waals surface area contributed by atoms with E-state index in [-0.39, 0.29) is 24.8 Å². The summed E-state index contributed by atoms with van der Waals surface area (Å²) in [7, 11) is 0. The fourth-order valence-corrected chi connectivity index (χ4v) is 3.77. The summed E-state index contributed by atoms with van der Waals surface area (Å²) in [6.07, 6.45) is 2.55.